The molecule has 2 aromatic carbocycles. The summed E-state index contributed by atoms with van der Waals surface area (Å²) in [5, 5.41) is 3.36. The lowest BCUT2D eigenvalue weighted by atomic mass is 10.1. The molecule has 0 saturated carbocycles. The maximum Gasteiger partial charge on any atom is 0.200 e. The highest BCUT2D eigenvalue weighted by Crippen LogP contribution is 2.15. The zero-order valence-electron chi connectivity index (χ0n) is 14.1. The molecule has 0 atom stereocenters. The molecule has 0 spiro atoms. The molecule has 1 aliphatic rings. The summed E-state index contributed by atoms with van der Waals surface area (Å²) in [6.07, 6.45) is 0. The smallest absolute Gasteiger partial charge is 0.200 e. The van der Waals surface area contributed by atoms with Gasteiger partial charge in [0.1, 0.15) is 5.75 Å². The van der Waals surface area contributed by atoms with Crippen molar-refractivity contribution in [3.8, 4) is 5.75 Å². The molecule has 4 heteroatoms. The lowest BCUT2D eigenvalue weighted by molar-refractivity contribution is 0.0921. The molecule has 0 amide bonds. The van der Waals surface area contributed by atoms with Crippen LogP contribution in [0.4, 0.5) is 0 Å². The zero-order chi connectivity index (χ0) is 16.8. The molecule has 0 aromatic heterocycles. The number of hydrogen-bond donors (Lipinski definition) is 1. The first-order valence-electron chi connectivity index (χ1n) is 8.45. The second-order valence-corrected chi connectivity index (χ2v) is 6.25. The molecule has 0 radical (unpaired) electrons. The molecule has 0 unspecified atom stereocenters. The number of ketones is 1. The molecule has 1 fully saturated rings. The summed E-state index contributed by atoms with van der Waals surface area (Å²) in [5.74, 6) is 0.736. The van der Waals surface area contributed by atoms with Crippen molar-refractivity contribution < 1.29 is 9.53 Å². The molecule has 1 aliphatic heterocycles. The Morgan fingerprint density at radius 3 is 2.38 bits per heavy atom. The van der Waals surface area contributed by atoms with Gasteiger partial charge in [0.05, 0.1) is 0 Å². The van der Waals surface area contributed by atoms with Crippen LogP contribution in [0, 0.1) is 6.92 Å². The molecule has 0 aliphatic carbocycles. The van der Waals surface area contributed by atoms with Crippen LogP contribution in [0.15, 0.2) is 48.5 Å². The zero-order valence-corrected chi connectivity index (χ0v) is 14.1. The quantitative estimate of drug-likeness (QED) is 0.830. The second kappa shape index (κ2) is 8.08. The number of ether oxygens (including phenoxy) is 1. The first kappa shape index (κ1) is 16.7. The molecule has 3 rings (SSSR count). The van der Waals surface area contributed by atoms with Crippen molar-refractivity contribution in [2.24, 2.45) is 0 Å². The number of piperazine rings is 1. The van der Waals surface area contributed by atoms with E-state index in [1.54, 1.807) is 0 Å². The number of carbonyl (C=O) groups excluding carboxylic acids is 1. The minimum Gasteiger partial charge on any atom is -0.485 e. The highest BCUT2D eigenvalue weighted by molar-refractivity contribution is 5.97. The summed E-state index contributed by atoms with van der Waals surface area (Å²) in [4.78, 5) is 14.6. The highest BCUT2D eigenvalue weighted by atomic mass is 16.5. The van der Waals surface area contributed by atoms with Gasteiger partial charge >= 0.3 is 0 Å². The maximum atomic E-state index is 12.1. The van der Waals surface area contributed by atoms with Gasteiger partial charge < -0.3 is 10.1 Å². The van der Waals surface area contributed by atoms with E-state index in [1.165, 1.54) is 5.56 Å². The van der Waals surface area contributed by atoms with E-state index in [1.807, 2.05) is 43.3 Å². The number of aryl methyl sites for hydroxylation is 1. The first-order chi connectivity index (χ1) is 11.7. The molecular formula is C20H24N2O2. The SMILES string of the molecule is Cc1ccc(C(=O)COc2ccc(CN3CCNCC3)cc2)cc1. The molecule has 0 bridgehead atoms. The number of benzene rings is 2. The fraction of sp³-hybridized carbons (Fsp3) is 0.350. The van der Waals surface area contributed by atoms with E-state index in [4.69, 9.17) is 4.74 Å². The monoisotopic (exact) mass is 324 g/mol. The Bertz CT molecular complexity index is 659. The summed E-state index contributed by atoms with van der Waals surface area (Å²) in [7, 11) is 0. The Morgan fingerprint density at radius 2 is 1.71 bits per heavy atom. The minimum absolute atomic E-state index is 0.0000988. The molecular weight excluding hydrogens is 300 g/mol. The van der Waals surface area contributed by atoms with Crippen molar-refractivity contribution in [2.45, 2.75) is 13.5 Å². The van der Waals surface area contributed by atoms with E-state index in [-0.39, 0.29) is 12.4 Å². The predicted octanol–water partition coefficient (Wildman–Crippen LogP) is 2.66. The lowest BCUT2D eigenvalue weighted by Crippen LogP contribution is -2.42. The lowest BCUT2D eigenvalue weighted by Gasteiger charge is -2.27. The molecule has 2 aromatic rings. The molecule has 1 heterocycles. The van der Waals surface area contributed by atoms with E-state index in [0.717, 1.165) is 44.0 Å². The van der Waals surface area contributed by atoms with Crippen LogP contribution in [0.5, 0.6) is 5.75 Å². The predicted molar refractivity (Wildman–Crippen MR) is 95.6 cm³/mol. The molecule has 1 N–H and O–H groups in total. The minimum atomic E-state index is -0.0000988. The van der Waals surface area contributed by atoms with Crippen LogP contribution in [-0.4, -0.2) is 43.5 Å². The van der Waals surface area contributed by atoms with Gasteiger partial charge in [-0.15, -0.1) is 0 Å². The van der Waals surface area contributed by atoms with Gasteiger partial charge in [-0.2, -0.15) is 0 Å². The number of nitrogens with one attached hydrogen (secondary N) is 1. The Labute approximate surface area is 143 Å². The van der Waals surface area contributed by atoms with Gasteiger partial charge in [-0.1, -0.05) is 42.0 Å². The van der Waals surface area contributed by atoms with Crippen LogP contribution in [0.1, 0.15) is 21.5 Å². The number of carbonyl (C=O) groups is 1. The fourth-order valence-electron chi connectivity index (χ4n) is 2.79. The summed E-state index contributed by atoms with van der Waals surface area (Å²) >= 11 is 0. The number of Topliss-reactive ketones (excluding diaryl/α,β-unsaturated/α-hetero) is 1. The molecule has 1 saturated heterocycles. The molecule has 4 nitrogen and oxygen atoms in total. The van der Waals surface area contributed by atoms with Crippen LogP contribution in [-0.2, 0) is 6.54 Å². The van der Waals surface area contributed by atoms with Crippen LogP contribution in [0.3, 0.4) is 0 Å². The van der Waals surface area contributed by atoms with E-state index >= 15 is 0 Å². The van der Waals surface area contributed by atoms with Crippen molar-refractivity contribution in [1.82, 2.24) is 10.2 Å². The summed E-state index contributed by atoms with van der Waals surface area (Å²) in [5.41, 5.74) is 3.11. The topological polar surface area (TPSA) is 41.6 Å². The van der Waals surface area contributed by atoms with Crippen LogP contribution >= 0.6 is 0 Å². The fourth-order valence-corrected chi connectivity index (χ4v) is 2.79. The Hall–Kier alpha value is -2.17. The van der Waals surface area contributed by atoms with Gasteiger partial charge in [0.2, 0.25) is 0 Å². The van der Waals surface area contributed by atoms with Crippen molar-refractivity contribution in [2.75, 3.05) is 32.8 Å². The van der Waals surface area contributed by atoms with Gasteiger partial charge in [-0.05, 0) is 24.6 Å². The molecule has 24 heavy (non-hydrogen) atoms. The average molecular weight is 324 g/mol. The van der Waals surface area contributed by atoms with Gasteiger partial charge in [-0.3, -0.25) is 9.69 Å². The molecule has 126 valence electrons. The Balaban J connectivity index is 1.50. The van der Waals surface area contributed by atoms with Crippen molar-refractivity contribution in [3.63, 3.8) is 0 Å². The maximum absolute atomic E-state index is 12.1. The first-order valence-corrected chi connectivity index (χ1v) is 8.45. The van der Waals surface area contributed by atoms with Gasteiger partial charge in [0.15, 0.2) is 12.4 Å². The largest absolute Gasteiger partial charge is 0.485 e. The van der Waals surface area contributed by atoms with E-state index in [2.05, 4.69) is 22.3 Å². The van der Waals surface area contributed by atoms with Gasteiger partial charge in [0.25, 0.3) is 0 Å². The van der Waals surface area contributed by atoms with Gasteiger partial charge in [-0.25, -0.2) is 0 Å². The third kappa shape index (κ3) is 4.66. The number of hydrogen-bond acceptors (Lipinski definition) is 4. The van der Waals surface area contributed by atoms with Crippen molar-refractivity contribution in [3.05, 3.63) is 65.2 Å². The number of nitrogens with zero attached hydrogens (tertiary/aromatic N) is 1. The summed E-state index contributed by atoms with van der Waals surface area (Å²) in [6.45, 7) is 7.33. The van der Waals surface area contributed by atoms with Gasteiger partial charge in [0, 0.05) is 38.3 Å². The summed E-state index contributed by atoms with van der Waals surface area (Å²) in [6, 6.07) is 15.6. The average Bonchev–Trinajstić information content (AvgIpc) is 2.62. The van der Waals surface area contributed by atoms with Crippen molar-refractivity contribution >= 4 is 5.78 Å². The Kier molecular flexibility index (Phi) is 5.62. The second-order valence-electron chi connectivity index (χ2n) is 6.25. The highest BCUT2D eigenvalue weighted by Gasteiger charge is 2.10. The third-order valence-electron chi connectivity index (χ3n) is 4.28. The number of rotatable bonds is 6. The van der Waals surface area contributed by atoms with Crippen molar-refractivity contribution in [1.29, 1.82) is 0 Å². The van der Waals surface area contributed by atoms with Crippen LogP contribution in [0.25, 0.3) is 0 Å². The third-order valence-corrected chi connectivity index (χ3v) is 4.28. The van der Waals surface area contributed by atoms with E-state index in [9.17, 15) is 4.79 Å². The van der Waals surface area contributed by atoms with E-state index < -0.39 is 0 Å². The summed E-state index contributed by atoms with van der Waals surface area (Å²) < 4.78 is 5.62. The van der Waals surface area contributed by atoms with Crippen LogP contribution < -0.4 is 10.1 Å². The Morgan fingerprint density at radius 1 is 1.04 bits per heavy atom. The van der Waals surface area contributed by atoms with E-state index in [0.29, 0.717) is 5.56 Å². The van der Waals surface area contributed by atoms with Crippen LogP contribution in [0.2, 0.25) is 0 Å². The normalized spacial score (nSPS) is 15.2. The standard InChI is InChI=1S/C20H24N2O2/c1-16-2-6-18(7-3-16)20(23)15-24-19-8-4-17(5-9-19)14-22-12-10-21-11-13-22/h2-9,21H,10-15H2,1H3.